The Morgan fingerprint density at radius 3 is 2.59 bits per heavy atom. The highest BCUT2D eigenvalue weighted by Gasteiger charge is 2.23. The van der Waals surface area contributed by atoms with Crippen LogP contribution in [0.3, 0.4) is 0 Å². The molecule has 8 heteroatoms. The summed E-state index contributed by atoms with van der Waals surface area (Å²) < 4.78 is 0. The smallest absolute Gasteiger partial charge is 0.275 e. The maximum Gasteiger partial charge on any atom is 0.275 e. The van der Waals surface area contributed by atoms with E-state index in [4.69, 9.17) is 5.26 Å². The van der Waals surface area contributed by atoms with Crippen molar-refractivity contribution in [1.82, 2.24) is 4.90 Å². The van der Waals surface area contributed by atoms with E-state index in [2.05, 4.69) is 15.5 Å². The maximum atomic E-state index is 12.2. The molecule has 0 radical (unpaired) electrons. The minimum Gasteiger partial charge on any atom is -0.382 e. The zero-order chi connectivity index (χ0) is 20.8. The number of hydrogen-bond acceptors (Lipinski definition) is 6. The number of nitrogens with one attached hydrogen (secondary N) is 2. The van der Waals surface area contributed by atoms with E-state index < -0.39 is 4.92 Å². The minimum absolute atomic E-state index is 0.0456. The van der Waals surface area contributed by atoms with Gasteiger partial charge in [-0.2, -0.15) is 5.26 Å². The number of hydrogen-bond donors (Lipinski definition) is 2. The molecule has 1 aliphatic heterocycles. The number of nitriles is 1. The number of nitrogens with zero attached hydrogens (tertiary/aromatic N) is 3. The van der Waals surface area contributed by atoms with E-state index in [-0.39, 0.29) is 23.2 Å². The van der Waals surface area contributed by atoms with Crippen molar-refractivity contribution in [1.29, 1.82) is 5.26 Å². The summed E-state index contributed by atoms with van der Waals surface area (Å²) in [6.45, 7) is 3.51. The van der Waals surface area contributed by atoms with Crippen LogP contribution in [0.2, 0.25) is 0 Å². The van der Waals surface area contributed by atoms with Crippen LogP contribution in [-0.4, -0.2) is 41.4 Å². The van der Waals surface area contributed by atoms with Crippen LogP contribution >= 0.6 is 0 Å². The second-order valence-electron chi connectivity index (χ2n) is 7.15. The molecule has 3 rings (SSSR count). The number of nitro benzene ring substituents is 1. The third-order valence-corrected chi connectivity index (χ3v) is 5.08. The first kappa shape index (κ1) is 20.3. The van der Waals surface area contributed by atoms with E-state index in [1.54, 1.807) is 13.0 Å². The predicted molar refractivity (Wildman–Crippen MR) is 111 cm³/mol. The summed E-state index contributed by atoms with van der Waals surface area (Å²) in [5, 5.41) is 26.6. The zero-order valence-electron chi connectivity index (χ0n) is 16.2. The number of carbonyl (C=O) groups excluding carboxylic acids is 1. The van der Waals surface area contributed by atoms with E-state index >= 15 is 0 Å². The fraction of sp³-hybridized carbons (Fsp3) is 0.333. The van der Waals surface area contributed by atoms with Crippen molar-refractivity contribution in [2.24, 2.45) is 0 Å². The van der Waals surface area contributed by atoms with Crippen LogP contribution in [0.5, 0.6) is 0 Å². The van der Waals surface area contributed by atoms with E-state index in [9.17, 15) is 14.9 Å². The lowest BCUT2D eigenvalue weighted by Gasteiger charge is -2.32. The molecule has 8 nitrogen and oxygen atoms in total. The number of amides is 1. The Labute approximate surface area is 169 Å². The Morgan fingerprint density at radius 2 is 1.97 bits per heavy atom. The van der Waals surface area contributed by atoms with Gasteiger partial charge in [-0.05, 0) is 38.0 Å². The quantitative estimate of drug-likeness (QED) is 0.575. The van der Waals surface area contributed by atoms with Crippen LogP contribution in [0.4, 0.5) is 17.1 Å². The molecule has 0 unspecified atom stereocenters. The molecule has 2 aromatic rings. The van der Waals surface area contributed by atoms with E-state index in [1.807, 2.05) is 36.4 Å². The highest BCUT2D eigenvalue weighted by atomic mass is 16.6. The average Bonchev–Trinajstić information content (AvgIpc) is 2.71. The third-order valence-electron chi connectivity index (χ3n) is 5.08. The Balaban J connectivity index is 1.55. The molecule has 0 atom stereocenters. The van der Waals surface area contributed by atoms with Crippen LogP contribution in [0.1, 0.15) is 24.0 Å². The summed E-state index contributed by atoms with van der Waals surface area (Å²) in [6, 6.07) is 14.4. The van der Waals surface area contributed by atoms with Gasteiger partial charge in [-0.1, -0.05) is 18.2 Å². The SMILES string of the molecule is Cc1c(NC2CCN(CC(=O)Nc3ccccc3)CC2)cc(C#N)cc1[N+](=O)[O-]. The van der Waals surface area contributed by atoms with Crippen LogP contribution in [-0.2, 0) is 4.79 Å². The first-order valence-electron chi connectivity index (χ1n) is 9.49. The highest BCUT2D eigenvalue weighted by Crippen LogP contribution is 2.29. The molecular weight excluding hydrogens is 370 g/mol. The fourth-order valence-electron chi connectivity index (χ4n) is 3.48. The molecule has 150 valence electrons. The molecule has 29 heavy (non-hydrogen) atoms. The molecule has 1 aliphatic rings. The van der Waals surface area contributed by atoms with Crippen molar-refractivity contribution in [2.75, 3.05) is 30.3 Å². The van der Waals surface area contributed by atoms with E-state index in [1.165, 1.54) is 6.07 Å². The van der Waals surface area contributed by atoms with Gasteiger partial charge in [0.25, 0.3) is 5.69 Å². The zero-order valence-corrected chi connectivity index (χ0v) is 16.2. The Kier molecular flexibility index (Phi) is 6.42. The van der Waals surface area contributed by atoms with Gasteiger partial charge >= 0.3 is 0 Å². The molecular formula is C21H23N5O3. The van der Waals surface area contributed by atoms with Crippen LogP contribution in [0.25, 0.3) is 0 Å². The van der Waals surface area contributed by atoms with Crippen molar-refractivity contribution in [3.05, 3.63) is 63.7 Å². The van der Waals surface area contributed by atoms with Crippen molar-refractivity contribution >= 4 is 23.0 Å². The number of benzene rings is 2. The second-order valence-corrected chi connectivity index (χ2v) is 7.15. The lowest BCUT2D eigenvalue weighted by Crippen LogP contribution is -2.42. The molecule has 1 fully saturated rings. The van der Waals surface area contributed by atoms with Crippen LogP contribution in [0.15, 0.2) is 42.5 Å². The van der Waals surface area contributed by atoms with Crippen molar-refractivity contribution in [3.63, 3.8) is 0 Å². The van der Waals surface area contributed by atoms with Gasteiger partial charge in [0.1, 0.15) is 0 Å². The van der Waals surface area contributed by atoms with Gasteiger partial charge in [-0.15, -0.1) is 0 Å². The van der Waals surface area contributed by atoms with Crippen LogP contribution in [0, 0.1) is 28.4 Å². The molecule has 2 N–H and O–H groups in total. The molecule has 2 aromatic carbocycles. The van der Waals surface area contributed by atoms with Gasteiger partial charge in [0.05, 0.1) is 23.1 Å². The Hall–Kier alpha value is -3.44. The van der Waals surface area contributed by atoms with Gasteiger partial charge in [-0.25, -0.2) is 0 Å². The normalized spacial score (nSPS) is 14.8. The molecule has 0 spiro atoms. The standard InChI is InChI=1S/C21H23N5O3/c1-15-19(11-16(13-22)12-20(15)26(28)29)23-18-7-9-25(10-8-18)14-21(27)24-17-5-3-2-4-6-17/h2-6,11-12,18,23H,7-10,14H2,1H3,(H,24,27). The average molecular weight is 393 g/mol. The van der Waals surface area contributed by atoms with Gasteiger partial charge in [0.2, 0.25) is 5.91 Å². The summed E-state index contributed by atoms with van der Waals surface area (Å²) in [5.74, 6) is -0.0456. The first-order chi connectivity index (χ1) is 14.0. The fourth-order valence-corrected chi connectivity index (χ4v) is 3.48. The summed E-state index contributed by atoms with van der Waals surface area (Å²) in [6.07, 6.45) is 1.62. The van der Waals surface area contributed by atoms with E-state index in [0.29, 0.717) is 17.8 Å². The van der Waals surface area contributed by atoms with Crippen molar-refractivity contribution in [3.8, 4) is 6.07 Å². The van der Waals surface area contributed by atoms with Gasteiger partial charge in [0, 0.05) is 42.1 Å². The van der Waals surface area contributed by atoms with Crippen molar-refractivity contribution in [2.45, 2.75) is 25.8 Å². The monoisotopic (exact) mass is 393 g/mol. The molecule has 1 amide bonds. The number of rotatable bonds is 6. The van der Waals surface area contributed by atoms with Crippen LogP contribution < -0.4 is 10.6 Å². The lowest BCUT2D eigenvalue weighted by molar-refractivity contribution is -0.385. The molecule has 0 saturated carbocycles. The predicted octanol–water partition coefficient (Wildman–Crippen LogP) is 3.29. The minimum atomic E-state index is -0.463. The summed E-state index contributed by atoms with van der Waals surface area (Å²) >= 11 is 0. The number of para-hydroxylation sites is 1. The lowest BCUT2D eigenvalue weighted by atomic mass is 10.0. The number of likely N-dealkylation sites (tertiary alicyclic amines) is 1. The largest absolute Gasteiger partial charge is 0.382 e. The second kappa shape index (κ2) is 9.17. The highest BCUT2D eigenvalue weighted by molar-refractivity contribution is 5.92. The van der Waals surface area contributed by atoms with Crippen molar-refractivity contribution < 1.29 is 9.72 Å². The van der Waals surface area contributed by atoms with Gasteiger partial charge < -0.3 is 10.6 Å². The number of piperidine rings is 1. The van der Waals surface area contributed by atoms with Gasteiger partial charge in [-0.3, -0.25) is 19.8 Å². The summed E-state index contributed by atoms with van der Waals surface area (Å²) in [5.41, 5.74) is 2.14. The first-order valence-corrected chi connectivity index (χ1v) is 9.49. The number of anilines is 2. The molecule has 0 aliphatic carbocycles. The molecule has 0 bridgehead atoms. The maximum absolute atomic E-state index is 12.2. The molecule has 0 aromatic heterocycles. The van der Waals surface area contributed by atoms with E-state index in [0.717, 1.165) is 31.6 Å². The summed E-state index contributed by atoms with van der Waals surface area (Å²) in [7, 11) is 0. The topological polar surface area (TPSA) is 111 Å². The number of nitro groups is 1. The Bertz CT molecular complexity index is 931. The Morgan fingerprint density at radius 1 is 1.28 bits per heavy atom. The number of carbonyl (C=O) groups is 1. The van der Waals surface area contributed by atoms with Gasteiger partial charge in [0.15, 0.2) is 0 Å². The molecule has 1 heterocycles. The molecule has 1 saturated heterocycles. The third kappa shape index (κ3) is 5.30. The summed E-state index contributed by atoms with van der Waals surface area (Å²) in [4.78, 5) is 25.1.